The maximum absolute atomic E-state index is 14.8. The van der Waals surface area contributed by atoms with Crippen LogP contribution in [0, 0.1) is 5.82 Å². The van der Waals surface area contributed by atoms with Crippen LogP contribution in [0.2, 0.25) is 0 Å². The number of fused-ring (bicyclic) bond motifs is 1. The number of halogens is 1. The number of piperazine rings is 1. The molecular formula is C27H27FN6O2S. The third-order valence-electron chi connectivity index (χ3n) is 6.39. The lowest BCUT2D eigenvalue weighted by molar-refractivity contribution is 0.233. The first-order chi connectivity index (χ1) is 18.1. The predicted octanol–water partition coefficient (Wildman–Crippen LogP) is 4.98. The molecule has 10 heteroatoms. The number of ether oxygens (including phenoxy) is 1. The zero-order chi connectivity index (χ0) is 25.2. The third-order valence-corrected chi connectivity index (χ3v) is 7.55. The molecule has 1 aliphatic heterocycles. The largest absolute Gasteiger partial charge is 0.453 e. The van der Waals surface area contributed by atoms with E-state index in [0.29, 0.717) is 11.4 Å². The quantitative estimate of drug-likeness (QED) is 0.320. The number of carbonyl (C=O) groups excluding carboxylic acids is 1. The number of urea groups is 1. The molecule has 4 aromatic rings. The van der Waals surface area contributed by atoms with Crippen LogP contribution in [-0.2, 0) is 6.54 Å². The van der Waals surface area contributed by atoms with E-state index in [1.807, 2.05) is 18.3 Å². The highest BCUT2D eigenvalue weighted by Gasteiger charge is 2.23. The third kappa shape index (κ3) is 5.71. The summed E-state index contributed by atoms with van der Waals surface area (Å²) >= 11 is 1.51. The summed E-state index contributed by atoms with van der Waals surface area (Å²) in [6.07, 6.45) is 5.55. The van der Waals surface area contributed by atoms with Crippen molar-refractivity contribution in [3.63, 3.8) is 0 Å². The molecular weight excluding hydrogens is 491 g/mol. The molecule has 37 heavy (non-hydrogen) atoms. The van der Waals surface area contributed by atoms with Gasteiger partial charge in [-0.1, -0.05) is 6.07 Å². The smallest absolute Gasteiger partial charge is 0.319 e. The Labute approximate surface area is 217 Å². The molecule has 0 bridgehead atoms. The fourth-order valence-corrected chi connectivity index (χ4v) is 5.31. The van der Waals surface area contributed by atoms with E-state index < -0.39 is 5.82 Å². The van der Waals surface area contributed by atoms with Crippen LogP contribution in [0.25, 0.3) is 20.8 Å². The average Bonchev–Trinajstić information content (AvgIpc) is 3.60. The average molecular weight is 519 g/mol. The van der Waals surface area contributed by atoms with Crippen molar-refractivity contribution < 1.29 is 13.9 Å². The van der Waals surface area contributed by atoms with Crippen molar-refractivity contribution in [3.05, 3.63) is 66.2 Å². The highest BCUT2D eigenvalue weighted by atomic mass is 32.1. The van der Waals surface area contributed by atoms with E-state index in [0.717, 1.165) is 66.4 Å². The Morgan fingerprint density at radius 3 is 2.73 bits per heavy atom. The van der Waals surface area contributed by atoms with Crippen molar-refractivity contribution in [3.8, 4) is 22.1 Å². The summed E-state index contributed by atoms with van der Waals surface area (Å²) in [5.74, 6) is 0.0290. The van der Waals surface area contributed by atoms with Crippen LogP contribution in [0.5, 0.6) is 11.5 Å². The molecule has 1 aromatic carbocycles. The Morgan fingerprint density at radius 1 is 1.11 bits per heavy atom. The van der Waals surface area contributed by atoms with Gasteiger partial charge in [-0.2, -0.15) is 0 Å². The molecule has 1 aliphatic carbocycles. The minimum atomic E-state index is -0.562. The lowest BCUT2D eigenvalue weighted by Gasteiger charge is -2.27. The number of benzene rings is 1. The van der Waals surface area contributed by atoms with Crippen LogP contribution in [0.1, 0.15) is 18.4 Å². The number of pyridine rings is 2. The molecule has 1 saturated carbocycles. The standard InChI is InChI=1S/C27H27FN6O2S/c28-20-13-19(33-27(35)32-18-2-3-18)4-6-23(20)36-24-7-8-30-22-14-25(37-26(22)24)21-5-1-17(15-31-21)16-34-11-9-29-10-12-34/h1,4-8,13-15,18,29H,2-3,9-12,16H2,(H2,32,33,35). The van der Waals surface area contributed by atoms with E-state index in [-0.39, 0.29) is 17.8 Å². The molecule has 190 valence electrons. The lowest BCUT2D eigenvalue weighted by Crippen LogP contribution is -2.42. The molecule has 6 rings (SSSR count). The fraction of sp³-hybridized carbons (Fsp3) is 0.296. The van der Waals surface area contributed by atoms with E-state index in [2.05, 4.69) is 31.9 Å². The van der Waals surface area contributed by atoms with Crippen molar-refractivity contribution in [1.29, 1.82) is 0 Å². The number of thiophene rings is 1. The van der Waals surface area contributed by atoms with Gasteiger partial charge in [-0.05, 0) is 42.7 Å². The molecule has 3 aromatic heterocycles. The summed E-state index contributed by atoms with van der Waals surface area (Å²) in [5.41, 5.74) is 3.18. The number of anilines is 1. The summed E-state index contributed by atoms with van der Waals surface area (Å²) in [5, 5.41) is 8.84. The van der Waals surface area contributed by atoms with Gasteiger partial charge in [0.1, 0.15) is 5.75 Å². The minimum absolute atomic E-state index is 0.0750. The van der Waals surface area contributed by atoms with Crippen LogP contribution < -0.4 is 20.7 Å². The lowest BCUT2D eigenvalue weighted by atomic mass is 10.2. The summed E-state index contributed by atoms with van der Waals surface area (Å²) in [6.45, 7) is 5.02. The number of aromatic nitrogens is 2. The molecule has 0 spiro atoms. The van der Waals surface area contributed by atoms with E-state index in [1.165, 1.54) is 29.0 Å². The number of nitrogens with zero attached hydrogens (tertiary/aromatic N) is 3. The van der Waals surface area contributed by atoms with Gasteiger partial charge < -0.3 is 20.7 Å². The molecule has 1 saturated heterocycles. The van der Waals surface area contributed by atoms with Crippen LogP contribution >= 0.6 is 11.3 Å². The van der Waals surface area contributed by atoms with E-state index in [1.54, 1.807) is 18.3 Å². The van der Waals surface area contributed by atoms with Crippen molar-refractivity contribution in [2.24, 2.45) is 0 Å². The van der Waals surface area contributed by atoms with E-state index >= 15 is 0 Å². The second kappa shape index (κ2) is 10.4. The molecule has 2 amide bonds. The Bertz CT molecular complexity index is 1420. The van der Waals surface area contributed by atoms with Crippen molar-refractivity contribution >= 4 is 33.3 Å². The molecule has 0 unspecified atom stereocenters. The number of hydrogen-bond acceptors (Lipinski definition) is 7. The Kier molecular flexibility index (Phi) is 6.69. The van der Waals surface area contributed by atoms with E-state index in [9.17, 15) is 9.18 Å². The first-order valence-corrected chi connectivity index (χ1v) is 13.2. The van der Waals surface area contributed by atoms with Gasteiger partial charge in [-0.25, -0.2) is 9.18 Å². The molecule has 3 N–H and O–H groups in total. The van der Waals surface area contributed by atoms with Crippen LogP contribution in [0.3, 0.4) is 0 Å². The molecule has 2 fully saturated rings. The van der Waals surface area contributed by atoms with Crippen molar-refractivity contribution in [2.75, 3.05) is 31.5 Å². The zero-order valence-corrected chi connectivity index (χ0v) is 21.0. The van der Waals surface area contributed by atoms with Crippen molar-refractivity contribution in [1.82, 2.24) is 25.5 Å². The normalized spacial score (nSPS) is 16.0. The summed E-state index contributed by atoms with van der Waals surface area (Å²) in [4.78, 5) is 24.5. The van der Waals surface area contributed by atoms with Gasteiger partial charge in [-0.15, -0.1) is 11.3 Å². The van der Waals surface area contributed by atoms with Gasteiger partial charge in [0.25, 0.3) is 0 Å². The molecule has 8 nitrogen and oxygen atoms in total. The van der Waals surface area contributed by atoms with Crippen molar-refractivity contribution in [2.45, 2.75) is 25.4 Å². The van der Waals surface area contributed by atoms with Gasteiger partial charge in [0.2, 0.25) is 0 Å². The second-order valence-corrected chi connectivity index (χ2v) is 10.4. The monoisotopic (exact) mass is 518 g/mol. The molecule has 0 radical (unpaired) electrons. The number of amides is 2. The summed E-state index contributed by atoms with van der Waals surface area (Å²) < 4.78 is 21.6. The minimum Gasteiger partial charge on any atom is -0.453 e. The number of carbonyl (C=O) groups is 1. The Hall–Kier alpha value is -3.60. The number of nitrogens with one attached hydrogen (secondary N) is 3. The molecule has 4 heterocycles. The van der Waals surface area contributed by atoms with Gasteiger partial charge in [0, 0.05) is 69.0 Å². The fourth-order valence-electron chi connectivity index (χ4n) is 4.27. The Balaban J connectivity index is 1.17. The highest BCUT2D eigenvalue weighted by Crippen LogP contribution is 2.39. The van der Waals surface area contributed by atoms with Gasteiger partial charge in [0.15, 0.2) is 11.6 Å². The van der Waals surface area contributed by atoms with Gasteiger partial charge in [0.05, 0.1) is 20.8 Å². The Morgan fingerprint density at radius 2 is 1.97 bits per heavy atom. The number of rotatable bonds is 7. The first kappa shape index (κ1) is 23.8. The topological polar surface area (TPSA) is 91.4 Å². The van der Waals surface area contributed by atoms with Crippen LogP contribution in [0.15, 0.2) is 54.9 Å². The highest BCUT2D eigenvalue weighted by molar-refractivity contribution is 7.22. The van der Waals surface area contributed by atoms with Gasteiger partial charge >= 0.3 is 6.03 Å². The number of hydrogen-bond donors (Lipinski definition) is 3. The first-order valence-electron chi connectivity index (χ1n) is 12.4. The SMILES string of the molecule is O=C(Nc1ccc(Oc2ccnc3cc(-c4ccc(CN5CCNCC5)cn4)sc23)c(F)c1)NC1CC1. The maximum Gasteiger partial charge on any atom is 0.319 e. The molecule has 0 atom stereocenters. The maximum atomic E-state index is 14.8. The molecule has 2 aliphatic rings. The van der Waals surface area contributed by atoms with Crippen LogP contribution in [0.4, 0.5) is 14.9 Å². The summed E-state index contributed by atoms with van der Waals surface area (Å²) in [6, 6.07) is 12.1. The van der Waals surface area contributed by atoms with E-state index in [4.69, 9.17) is 9.72 Å². The second-order valence-electron chi connectivity index (χ2n) is 9.33. The zero-order valence-electron chi connectivity index (χ0n) is 20.2. The van der Waals surface area contributed by atoms with Crippen LogP contribution in [-0.4, -0.2) is 53.1 Å². The summed E-state index contributed by atoms with van der Waals surface area (Å²) in [7, 11) is 0. The van der Waals surface area contributed by atoms with Gasteiger partial charge in [-0.3, -0.25) is 14.9 Å². The predicted molar refractivity (Wildman–Crippen MR) is 143 cm³/mol.